The number of amides is 1. The van der Waals surface area contributed by atoms with Gasteiger partial charge in [-0.1, -0.05) is 6.07 Å². The van der Waals surface area contributed by atoms with Crippen molar-refractivity contribution in [2.75, 3.05) is 6.79 Å². The molecule has 3 rings (SSSR count). The van der Waals surface area contributed by atoms with Crippen molar-refractivity contribution in [2.45, 2.75) is 6.54 Å². The molecule has 5 nitrogen and oxygen atoms in total. The molecule has 0 atom stereocenters. The van der Waals surface area contributed by atoms with Crippen molar-refractivity contribution >= 4 is 21.8 Å². The Labute approximate surface area is 124 Å². The van der Waals surface area contributed by atoms with Crippen molar-refractivity contribution in [1.82, 2.24) is 9.88 Å². The van der Waals surface area contributed by atoms with Gasteiger partial charge in [0.2, 0.25) is 6.79 Å². The van der Waals surface area contributed by atoms with Crippen LogP contribution in [0.1, 0.15) is 16.1 Å². The smallest absolute Gasteiger partial charge is 0.268 e. The van der Waals surface area contributed by atoms with E-state index >= 15 is 0 Å². The minimum absolute atomic E-state index is 0.115. The molecule has 0 unspecified atom stereocenters. The summed E-state index contributed by atoms with van der Waals surface area (Å²) in [6.45, 7) is 0.695. The Hall–Kier alpha value is -1.95. The van der Waals surface area contributed by atoms with E-state index in [9.17, 15) is 4.79 Å². The lowest BCUT2D eigenvalue weighted by atomic mass is 10.2. The van der Waals surface area contributed by atoms with E-state index in [0.717, 1.165) is 21.5 Å². The highest BCUT2D eigenvalue weighted by Crippen LogP contribution is 2.32. The van der Waals surface area contributed by atoms with Crippen LogP contribution in [0, 0.1) is 0 Å². The van der Waals surface area contributed by atoms with E-state index in [-0.39, 0.29) is 12.7 Å². The molecule has 0 fully saturated rings. The van der Waals surface area contributed by atoms with Crippen molar-refractivity contribution in [1.29, 1.82) is 0 Å². The first-order valence-corrected chi connectivity index (χ1v) is 6.91. The number of fused-ring (bicyclic) bond motifs is 1. The van der Waals surface area contributed by atoms with E-state index in [1.807, 2.05) is 31.4 Å². The molecule has 0 aliphatic carbocycles. The van der Waals surface area contributed by atoms with Gasteiger partial charge in [0.25, 0.3) is 5.91 Å². The quantitative estimate of drug-likeness (QED) is 0.936. The van der Waals surface area contributed by atoms with Crippen LogP contribution in [0.5, 0.6) is 11.5 Å². The largest absolute Gasteiger partial charge is 0.454 e. The molecule has 0 saturated carbocycles. The number of aromatic nitrogens is 1. The lowest BCUT2D eigenvalue weighted by Crippen LogP contribution is -2.24. The minimum Gasteiger partial charge on any atom is -0.454 e. The Balaban J connectivity index is 1.67. The van der Waals surface area contributed by atoms with Crippen molar-refractivity contribution in [2.24, 2.45) is 7.05 Å². The first kappa shape index (κ1) is 13.1. The molecule has 0 saturated heterocycles. The summed E-state index contributed by atoms with van der Waals surface area (Å²) in [7, 11) is 1.83. The molecule has 1 aliphatic rings. The van der Waals surface area contributed by atoms with Gasteiger partial charge in [-0.2, -0.15) is 0 Å². The van der Waals surface area contributed by atoms with Crippen LogP contribution in [-0.2, 0) is 13.6 Å². The SMILES string of the molecule is Cn1cc(Br)cc1C(=O)NCc1ccc2c(c1)OCO2. The van der Waals surface area contributed by atoms with Gasteiger partial charge < -0.3 is 19.4 Å². The molecule has 0 radical (unpaired) electrons. The highest BCUT2D eigenvalue weighted by atomic mass is 79.9. The third-order valence-electron chi connectivity index (χ3n) is 3.09. The maximum absolute atomic E-state index is 12.1. The highest BCUT2D eigenvalue weighted by molar-refractivity contribution is 9.10. The second-order valence-corrected chi connectivity index (χ2v) is 5.44. The molecule has 2 aromatic rings. The molecule has 1 amide bonds. The summed E-state index contributed by atoms with van der Waals surface area (Å²) in [6.07, 6.45) is 1.84. The summed E-state index contributed by atoms with van der Waals surface area (Å²) in [5, 5.41) is 2.88. The number of aryl methyl sites for hydroxylation is 1. The van der Waals surface area contributed by atoms with Crippen LogP contribution < -0.4 is 14.8 Å². The molecule has 104 valence electrons. The van der Waals surface area contributed by atoms with Crippen LogP contribution in [-0.4, -0.2) is 17.3 Å². The molecule has 1 aliphatic heterocycles. The van der Waals surface area contributed by atoms with Crippen LogP contribution in [0.3, 0.4) is 0 Å². The first-order chi connectivity index (χ1) is 9.63. The van der Waals surface area contributed by atoms with Gasteiger partial charge in [-0.05, 0) is 39.7 Å². The molecule has 2 heterocycles. The van der Waals surface area contributed by atoms with E-state index in [0.29, 0.717) is 12.2 Å². The van der Waals surface area contributed by atoms with Gasteiger partial charge in [0.15, 0.2) is 11.5 Å². The number of carbonyl (C=O) groups is 1. The molecule has 6 heteroatoms. The maximum Gasteiger partial charge on any atom is 0.268 e. The van der Waals surface area contributed by atoms with E-state index in [1.165, 1.54) is 0 Å². The fourth-order valence-corrected chi connectivity index (χ4v) is 2.60. The van der Waals surface area contributed by atoms with Gasteiger partial charge >= 0.3 is 0 Å². The molecule has 0 bridgehead atoms. The van der Waals surface area contributed by atoms with Gasteiger partial charge in [0.1, 0.15) is 5.69 Å². The van der Waals surface area contributed by atoms with Crippen LogP contribution in [0.4, 0.5) is 0 Å². The number of nitrogens with zero attached hydrogens (tertiary/aromatic N) is 1. The topological polar surface area (TPSA) is 52.5 Å². The zero-order valence-electron chi connectivity index (χ0n) is 10.9. The number of ether oxygens (including phenoxy) is 2. The van der Waals surface area contributed by atoms with Crippen molar-refractivity contribution < 1.29 is 14.3 Å². The van der Waals surface area contributed by atoms with E-state index in [4.69, 9.17) is 9.47 Å². The summed E-state index contributed by atoms with van der Waals surface area (Å²) in [5.41, 5.74) is 1.58. The molecule has 1 aromatic heterocycles. The fourth-order valence-electron chi connectivity index (χ4n) is 2.07. The fraction of sp³-hybridized carbons (Fsp3) is 0.214. The van der Waals surface area contributed by atoms with E-state index < -0.39 is 0 Å². The van der Waals surface area contributed by atoms with Crippen molar-refractivity contribution in [3.05, 3.63) is 46.2 Å². The summed E-state index contributed by atoms with van der Waals surface area (Å²) >= 11 is 3.35. The summed E-state index contributed by atoms with van der Waals surface area (Å²) in [5.74, 6) is 1.35. The summed E-state index contributed by atoms with van der Waals surface area (Å²) in [4.78, 5) is 12.1. The van der Waals surface area contributed by atoms with Gasteiger partial charge in [-0.3, -0.25) is 4.79 Å². The molecule has 20 heavy (non-hydrogen) atoms. The predicted octanol–water partition coefficient (Wildman–Crippen LogP) is 2.45. The Kier molecular flexibility index (Phi) is 3.40. The number of hydrogen-bond donors (Lipinski definition) is 1. The minimum atomic E-state index is -0.115. The summed E-state index contributed by atoms with van der Waals surface area (Å²) < 4.78 is 13.2. The molecule has 0 spiro atoms. The Bertz CT molecular complexity index is 666. The average Bonchev–Trinajstić information content (AvgIpc) is 3.01. The number of benzene rings is 1. The second-order valence-electron chi connectivity index (χ2n) is 4.52. The zero-order chi connectivity index (χ0) is 14.1. The van der Waals surface area contributed by atoms with Gasteiger partial charge in [0.05, 0.1) is 0 Å². The monoisotopic (exact) mass is 336 g/mol. The second kappa shape index (κ2) is 5.20. The van der Waals surface area contributed by atoms with Crippen LogP contribution in [0.15, 0.2) is 34.9 Å². The standard InChI is InChI=1S/C14H13BrN2O3/c1-17-7-10(15)5-11(17)14(18)16-6-9-2-3-12-13(4-9)20-8-19-12/h2-5,7H,6,8H2,1H3,(H,16,18). The number of nitrogens with one attached hydrogen (secondary N) is 1. The summed E-state index contributed by atoms with van der Waals surface area (Å²) in [6, 6.07) is 7.43. The number of hydrogen-bond acceptors (Lipinski definition) is 3. The number of halogens is 1. The molecule has 1 aromatic carbocycles. The van der Waals surface area contributed by atoms with Gasteiger partial charge in [-0.15, -0.1) is 0 Å². The van der Waals surface area contributed by atoms with Crippen LogP contribution in [0.2, 0.25) is 0 Å². The lowest BCUT2D eigenvalue weighted by molar-refractivity contribution is 0.0942. The Morgan fingerprint density at radius 3 is 2.90 bits per heavy atom. The number of rotatable bonds is 3. The van der Waals surface area contributed by atoms with Crippen LogP contribution >= 0.6 is 15.9 Å². The predicted molar refractivity (Wildman–Crippen MR) is 76.8 cm³/mol. The van der Waals surface area contributed by atoms with Crippen molar-refractivity contribution in [3.63, 3.8) is 0 Å². The van der Waals surface area contributed by atoms with Crippen molar-refractivity contribution in [3.8, 4) is 11.5 Å². The van der Waals surface area contributed by atoms with Crippen LogP contribution in [0.25, 0.3) is 0 Å². The van der Waals surface area contributed by atoms with Gasteiger partial charge in [0, 0.05) is 24.3 Å². The number of carbonyl (C=O) groups excluding carboxylic acids is 1. The van der Waals surface area contributed by atoms with E-state index in [2.05, 4.69) is 21.2 Å². The maximum atomic E-state index is 12.1. The Morgan fingerprint density at radius 2 is 2.15 bits per heavy atom. The zero-order valence-corrected chi connectivity index (χ0v) is 12.4. The normalized spacial score (nSPS) is 12.5. The molecular formula is C14H13BrN2O3. The highest BCUT2D eigenvalue weighted by Gasteiger charge is 2.14. The van der Waals surface area contributed by atoms with E-state index in [1.54, 1.807) is 10.6 Å². The average molecular weight is 337 g/mol. The molecule has 1 N–H and O–H groups in total. The molecular weight excluding hydrogens is 324 g/mol. The Morgan fingerprint density at radius 1 is 1.35 bits per heavy atom. The first-order valence-electron chi connectivity index (χ1n) is 6.12. The third-order valence-corrected chi connectivity index (χ3v) is 3.53. The van der Waals surface area contributed by atoms with Gasteiger partial charge in [-0.25, -0.2) is 0 Å². The third kappa shape index (κ3) is 2.51. The lowest BCUT2D eigenvalue weighted by Gasteiger charge is -2.07.